The molecule has 6 nitrogen and oxygen atoms in total. The van der Waals surface area contributed by atoms with Crippen LogP contribution in [-0.4, -0.2) is 37.8 Å². The summed E-state index contributed by atoms with van der Waals surface area (Å²) in [6.07, 6.45) is 0.690. The molecule has 0 spiro atoms. The van der Waals surface area contributed by atoms with Gasteiger partial charge in [-0.05, 0) is 47.4 Å². The summed E-state index contributed by atoms with van der Waals surface area (Å²) in [5.41, 5.74) is 4.51. The van der Waals surface area contributed by atoms with Gasteiger partial charge in [0.05, 0.1) is 17.2 Å². The molecule has 0 radical (unpaired) electrons. The number of benzene rings is 3. The third kappa shape index (κ3) is 5.29. The van der Waals surface area contributed by atoms with E-state index < -0.39 is 0 Å². The number of aldehydes is 1. The Kier molecular flexibility index (Phi) is 7.60. The second kappa shape index (κ2) is 10.8. The van der Waals surface area contributed by atoms with Crippen LogP contribution >= 0.6 is 11.6 Å². The van der Waals surface area contributed by atoms with Crippen molar-refractivity contribution in [3.63, 3.8) is 0 Å². The molecule has 178 valence electrons. The summed E-state index contributed by atoms with van der Waals surface area (Å²) in [6.45, 7) is 5.55. The van der Waals surface area contributed by atoms with Crippen molar-refractivity contribution in [2.45, 2.75) is 20.5 Å². The molecular formula is C27H27ClO6. The summed E-state index contributed by atoms with van der Waals surface area (Å²) >= 11 is 6.37. The van der Waals surface area contributed by atoms with Crippen LogP contribution in [0.25, 0.3) is 11.1 Å². The predicted octanol–water partition coefficient (Wildman–Crippen LogP) is 5.49. The topological polar surface area (TPSA) is 74.2 Å². The van der Waals surface area contributed by atoms with Gasteiger partial charge in [0.15, 0.2) is 17.8 Å². The molecule has 0 aromatic heterocycles. The minimum Gasteiger partial charge on any atom is -0.492 e. The molecule has 1 aliphatic rings. The number of ether oxygens (including phenoxy) is 4. The van der Waals surface area contributed by atoms with Gasteiger partial charge in [-0.3, -0.25) is 4.79 Å². The number of carbonyl (C=O) groups excluding carboxylic acids is 1. The van der Waals surface area contributed by atoms with Gasteiger partial charge in [-0.15, -0.1) is 0 Å². The van der Waals surface area contributed by atoms with Crippen LogP contribution in [0.15, 0.2) is 48.5 Å². The monoisotopic (exact) mass is 482 g/mol. The number of hydrogen-bond donors (Lipinski definition) is 1. The second-order valence-corrected chi connectivity index (χ2v) is 8.68. The molecule has 1 N–H and O–H groups in total. The summed E-state index contributed by atoms with van der Waals surface area (Å²) in [5, 5.41) is 9.55. The molecule has 1 aliphatic heterocycles. The van der Waals surface area contributed by atoms with E-state index in [1.807, 2.05) is 44.2 Å². The Morgan fingerprint density at radius 1 is 1.06 bits per heavy atom. The van der Waals surface area contributed by atoms with Crippen molar-refractivity contribution in [3.05, 3.63) is 70.2 Å². The molecule has 0 amide bonds. The minimum absolute atomic E-state index is 0.00758. The van der Waals surface area contributed by atoms with Gasteiger partial charge in [0.2, 0.25) is 0 Å². The molecule has 0 saturated heterocycles. The zero-order chi connectivity index (χ0) is 24.1. The van der Waals surface area contributed by atoms with E-state index in [4.69, 9.17) is 30.5 Å². The first kappa shape index (κ1) is 23.9. The fourth-order valence-corrected chi connectivity index (χ4v) is 3.91. The molecule has 1 heterocycles. The predicted molar refractivity (Wildman–Crippen MR) is 131 cm³/mol. The summed E-state index contributed by atoms with van der Waals surface area (Å²) in [5.74, 6) is 2.23. The van der Waals surface area contributed by atoms with Gasteiger partial charge in [0.1, 0.15) is 31.3 Å². The van der Waals surface area contributed by atoms with Gasteiger partial charge in [-0.25, -0.2) is 0 Å². The van der Waals surface area contributed by atoms with E-state index >= 15 is 0 Å². The van der Waals surface area contributed by atoms with Crippen molar-refractivity contribution >= 4 is 17.9 Å². The van der Waals surface area contributed by atoms with E-state index in [2.05, 4.69) is 6.07 Å². The summed E-state index contributed by atoms with van der Waals surface area (Å²) < 4.78 is 23.1. The van der Waals surface area contributed by atoms with Crippen LogP contribution in [-0.2, 0) is 6.61 Å². The molecule has 0 saturated carbocycles. The molecule has 0 fully saturated rings. The first-order valence-corrected chi connectivity index (χ1v) is 11.5. The zero-order valence-electron chi connectivity index (χ0n) is 19.2. The molecule has 7 heteroatoms. The number of aliphatic hydroxyl groups is 1. The first-order chi connectivity index (χ1) is 16.5. The van der Waals surface area contributed by atoms with Crippen LogP contribution in [0.5, 0.6) is 23.0 Å². The minimum atomic E-state index is -0.0644. The summed E-state index contributed by atoms with van der Waals surface area (Å²) in [7, 11) is 0. The maximum atomic E-state index is 11.4. The fourth-order valence-electron chi connectivity index (χ4n) is 3.68. The van der Waals surface area contributed by atoms with Crippen LogP contribution in [0.3, 0.4) is 0 Å². The standard InChI is InChI=1S/C27H27ClO6/c1-17(13-29)15-33-25-12-26(23(28)10-21(25)14-30)34-16-20-4-3-5-22(18(20)2)19-6-7-24-27(11-19)32-9-8-31-24/h3-7,10-12,14,17,29H,8-9,13,15-16H2,1-2H3. The van der Waals surface area contributed by atoms with Crippen molar-refractivity contribution in [2.75, 3.05) is 26.4 Å². The van der Waals surface area contributed by atoms with Crippen molar-refractivity contribution in [3.8, 4) is 34.1 Å². The van der Waals surface area contributed by atoms with Crippen LogP contribution in [0.4, 0.5) is 0 Å². The quantitative estimate of drug-likeness (QED) is 0.407. The van der Waals surface area contributed by atoms with E-state index in [0.29, 0.717) is 41.6 Å². The highest BCUT2D eigenvalue weighted by molar-refractivity contribution is 6.32. The third-order valence-electron chi connectivity index (χ3n) is 5.71. The van der Waals surface area contributed by atoms with Gasteiger partial charge >= 0.3 is 0 Å². The van der Waals surface area contributed by atoms with Crippen LogP contribution in [0, 0.1) is 12.8 Å². The zero-order valence-corrected chi connectivity index (χ0v) is 19.9. The van der Waals surface area contributed by atoms with E-state index in [0.717, 1.165) is 33.8 Å². The Morgan fingerprint density at radius 2 is 1.85 bits per heavy atom. The summed E-state index contributed by atoms with van der Waals surface area (Å²) in [6, 6.07) is 15.1. The van der Waals surface area contributed by atoms with Gasteiger partial charge < -0.3 is 24.1 Å². The van der Waals surface area contributed by atoms with Crippen molar-refractivity contribution in [1.82, 2.24) is 0 Å². The maximum Gasteiger partial charge on any atom is 0.161 e. The Balaban J connectivity index is 1.54. The number of carbonyl (C=O) groups is 1. The Labute approximate surface area is 204 Å². The molecular weight excluding hydrogens is 456 g/mol. The fraction of sp³-hybridized carbons (Fsp3) is 0.296. The van der Waals surface area contributed by atoms with Crippen molar-refractivity contribution in [2.24, 2.45) is 5.92 Å². The largest absolute Gasteiger partial charge is 0.492 e. The smallest absolute Gasteiger partial charge is 0.161 e. The van der Waals surface area contributed by atoms with Crippen molar-refractivity contribution in [1.29, 1.82) is 0 Å². The lowest BCUT2D eigenvalue weighted by Crippen LogP contribution is -2.15. The van der Waals surface area contributed by atoms with E-state index in [1.165, 1.54) is 6.07 Å². The SMILES string of the molecule is Cc1c(COc2cc(OCC(C)CO)c(C=O)cc2Cl)cccc1-c1ccc2c(c1)OCCO2. The lowest BCUT2D eigenvalue weighted by molar-refractivity contribution is 0.111. The lowest BCUT2D eigenvalue weighted by Gasteiger charge is -2.20. The number of halogens is 1. The van der Waals surface area contributed by atoms with Gasteiger partial charge in [0.25, 0.3) is 0 Å². The highest BCUT2D eigenvalue weighted by Gasteiger charge is 2.16. The van der Waals surface area contributed by atoms with Gasteiger partial charge in [-0.1, -0.05) is 42.8 Å². The highest BCUT2D eigenvalue weighted by Crippen LogP contribution is 2.37. The van der Waals surface area contributed by atoms with Crippen molar-refractivity contribution < 1.29 is 28.8 Å². The van der Waals surface area contributed by atoms with Crippen LogP contribution in [0.2, 0.25) is 5.02 Å². The molecule has 1 atom stereocenters. The van der Waals surface area contributed by atoms with Crippen LogP contribution in [0.1, 0.15) is 28.4 Å². The molecule has 34 heavy (non-hydrogen) atoms. The number of hydrogen-bond acceptors (Lipinski definition) is 6. The van der Waals surface area contributed by atoms with Crippen LogP contribution < -0.4 is 18.9 Å². The first-order valence-electron chi connectivity index (χ1n) is 11.1. The Bertz CT molecular complexity index is 1180. The van der Waals surface area contributed by atoms with Gasteiger partial charge in [-0.2, -0.15) is 0 Å². The Hall–Kier alpha value is -3.22. The van der Waals surface area contributed by atoms with Gasteiger partial charge in [0, 0.05) is 18.6 Å². The Morgan fingerprint density at radius 3 is 2.62 bits per heavy atom. The molecule has 0 aliphatic carbocycles. The van der Waals surface area contributed by atoms with E-state index in [1.54, 1.807) is 6.07 Å². The molecule has 4 rings (SSSR count). The maximum absolute atomic E-state index is 11.4. The molecule has 3 aromatic carbocycles. The summed E-state index contributed by atoms with van der Waals surface area (Å²) in [4.78, 5) is 11.4. The average Bonchev–Trinajstić information content (AvgIpc) is 2.87. The molecule has 0 bridgehead atoms. The number of rotatable bonds is 9. The van der Waals surface area contributed by atoms with E-state index in [-0.39, 0.29) is 25.7 Å². The second-order valence-electron chi connectivity index (χ2n) is 8.27. The normalized spacial score (nSPS) is 13.3. The highest BCUT2D eigenvalue weighted by atomic mass is 35.5. The van der Waals surface area contributed by atoms with E-state index in [9.17, 15) is 9.90 Å². The third-order valence-corrected chi connectivity index (χ3v) is 6.00. The average molecular weight is 483 g/mol. The molecule has 1 unspecified atom stereocenters. The number of fused-ring (bicyclic) bond motifs is 1. The molecule has 3 aromatic rings. The number of aliphatic hydroxyl groups excluding tert-OH is 1. The lowest BCUT2D eigenvalue weighted by atomic mass is 9.96.